The number of nitrogens with two attached hydrogens (primary N) is 1. The molecule has 3 N–H and O–H groups in total. The molecule has 1 aromatic rings. The molecular weight excluding hydrogens is 293 g/mol. The van der Waals surface area contributed by atoms with Crippen LogP contribution in [0.1, 0.15) is 25.3 Å². The number of rotatable bonds is 4. The van der Waals surface area contributed by atoms with Crippen molar-refractivity contribution < 1.29 is 9.90 Å². The highest BCUT2D eigenvalue weighted by Gasteiger charge is 2.28. The van der Waals surface area contributed by atoms with Crippen molar-refractivity contribution in [3.8, 4) is 0 Å². The van der Waals surface area contributed by atoms with Gasteiger partial charge in [0, 0.05) is 9.50 Å². The van der Waals surface area contributed by atoms with E-state index in [2.05, 4.69) is 15.9 Å². The van der Waals surface area contributed by atoms with Gasteiger partial charge < -0.3 is 10.8 Å². The van der Waals surface area contributed by atoms with Crippen molar-refractivity contribution in [3.63, 3.8) is 0 Å². The molecule has 0 radical (unpaired) electrons. The van der Waals surface area contributed by atoms with E-state index in [1.54, 1.807) is 18.2 Å². The number of carboxylic acids is 1. The monoisotopic (exact) mass is 305 g/mol. The summed E-state index contributed by atoms with van der Waals surface area (Å²) >= 11 is 9.23. The van der Waals surface area contributed by atoms with Gasteiger partial charge in [0.25, 0.3) is 0 Å². The molecule has 0 fully saturated rings. The molecule has 5 heteroatoms. The van der Waals surface area contributed by atoms with Crippen molar-refractivity contribution in [3.05, 3.63) is 33.3 Å². The highest BCUT2D eigenvalue weighted by molar-refractivity contribution is 9.10. The number of aliphatic carboxylic acids is 1. The predicted octanol–water partition coefficient (Wildman–Crippen LogP) is 3.14. The molecule has 0 bridgehead atoms. The molecule has 1 unspecified atom stereocenters. The van der Waals surface area contributed by atoms with Crippen LogP contribution in [-0.2, 0) is 10.3 Å². The standard InChI is InChI=1S/C11H13BrClNO2/c1-2-11(14,6-10(15)16)7-3-8(12)5-9(13)4-7/h3-5H,2,6,14H2,1H3,(H,15,16). The van der Waals surface area contributed by atoms with Crippen molar-refractivity contribution in [1.82, 2.24) is 0 Å². The summed E-state index contributed by atoms with van der Waals surface area (Å²) in [7, 11) is 0. The molecule has 0 heterocycles. The Morgan fingerprint density at radius 2 is 2.19 bits per heavy atom. The summed E-state index contributed by atoms with van der Waals surface area (Å²) in [6.45, 7) is 1.86. The lowest BCUT2D eigenvalue weighted by Crippen LogP contribution is -2.38. The number of benzene rings is 1. The van der Waals surface area contributed by atoms with Crippen LogP contribution in [0, 0.1) is 0 Å². The molecule has 0 saturated heterocycles. The number of carbonyl (C=O) groups is 1. The van der Waals surface area contributed by atoms with Gasteiger partial charge in [0.2, 0.25) is 0 Å². The minimum atomic E-state index is -0.916. The Hall–Kier alpha value is -0.580. The maximum absolute atomic E-state index is 10.8. The van der Waals surface area contributed by atoms with Crippen LogP contribution in [0.25, 0.3) is 0 Å². The zero-order valence-electron chi connectivity index (χ0n) is 8.84. The summed E-state index contributed by atoms with van der Waals surface area (Å²) < 4.78 is 0.795. The largest absolute Gasteiger partial charge is 0.481 e. The average molecular weight is 307 g/mol. The van der Waals surface area contributed by atoms with E-state index in [0.29, 0.717) is 11.4 Å². The maximum atomic E-state index is 10.8. The minimum absolute atomic E-state index is 0.115. The van der Waals surface area contributed by atoms with Crippen molar-refractivity contribution >= 4 is 33.5 Å². The predicted molar refractivity (Wildman–Crippen MR) is 67.6 cm³/mol. The summed E-state index contributed by atoms with van der Waals surface area (Å²) in [5.41, 5.74) is 5.95. The van der Waals surface area contributed by atoms with Crippen molar-refractivity contribution in [2.45, 2.75) is 25.3 Å². The van der Waals surface area contributed by atoms with E-state index in [1.165, 1.54) is 0 Å². The second-order valence-electron chi connectivity index (χ2n) is 3.74. The van der Waals surface area contributed by atoms with Gasteiger partial charge in [-0.3, -0.25) is 4.79 Å². The Balaban J connectivity index is 3.16. The van der Waals surface area contributed by atoms with Crippen LogP contribution >= 0.6 is 27.5 Å². The molecule has 0 aliphatic carbocycles. The molecule has 0 saturated carbocycles. The lowest BCUT2D eigenvalue weighted by Gasteiger charge is -2.27. The fourth-order valence-corrected chi connectivity index (χ4v) is 2.40. The molecule has 0 amide bonds. The summed E-state index contributed by atoms with van der Waals surface area (Å²) in [5, 5.41) is 9.40. The van der Waals surface area contributed by atoms with E-state index in [9.17, 15) is 4.79 Å². The molecular formula is C11H13BrClNO2. The number of hydrogen-bond acceptors (Lipinski definition) is 2. The maximum Gasteiger partial charge on any atom is 0.305 e. The zero-order valence-corrected chi connectivity index (χ0v) is 11.2. The molecule has 16 heavy (non-hydrogen) atoms. The van der Waals surface area contributed by atoms with Gasteiger partial charge in [-0.05, 0) is 30.2 Å². The number of carboxylic acid groups (broad SMARTS) is 1. The fraction of sp³-hybridized carbons (Fsp3) is 0.364. The molecule has 0 aromatic heterocycles. The molecule has 0 aliphatic rings. The van der Waals surface area contributed by atoms with Crippen LogP contribution in [0.5, 0.6) is 0 Å². The van der Waals surface area contributed by atoms with Crippen LogP contribution in [0.15, 0.2) is 22.7 Å². The lowest BCUT2D eigenvalue weighted by atomic mass is 9.85. The van der Waals surface area contributed by atoms with Crippen LogP contribution in [0.3, 0.4) is 0 Å². The third-order valence-electron chi connectivity index (χ3n) is 2.54. The summed E-state index contributed by atoms with van der Waals surface area (Å²) in [4.78, 5) is 10.8. The quantitative estimate of drug-likeness (QED) is 0.898. The topological polar surface area (TPSA) is 63.3 Å². The van der Waals surface area contributed by atoms with E-state index in [4.69, 9.17) is 22.4 Å². The molecule has 1 aromatic carbocycles. The van der Waals surface area contributed by atoms with Gasteiger partial charge in [-0.15, -0.1) is 0 Å². The SMILES string of the molecule is CCC(N)(CC(=O)O)c1cc(Cl)cc(Br)c1. The van der Waals surface area contributed by atoms with Crippen LogP contribution in [-0.4, -0.2) is 11.1 Å². The van der Waals surface area contributed by atoms with Crippen molar-refractivity contribution in [1.29, 1.82) is 0 Å². The smallest absolute Gasteiger partial charge is 0.305 e. The second kappa shape index (κ2) is 5.17. The van der Waals surface area contributed by atoms with Crippen LogP contribution in [0.2, 0.25) is 5.02 Å². The first-order chi connectivity index (χ1) is 7.37. The van der Waals surface area contributed by atoms with E-state index in [-0.39, 0.29) is 6.42 Å². The summed E-state index contributed by atoms with van der Waals surface area (Å²) in [6, 6.07) is 5.25. The van der Waals surface area contributed by atoms with Crippen molar-refractivity contribution in [2.24, 2.45) is 5.73 Å². The highest BCUT2D eigenvalue weighted by atomic mass is 79.9. The zero-order chi connectivity index (χ0) is 12.3. The molecule has 1 atom stereocenters. The molecule has 88 valence electrons. The van der Waals surface area contributed by atoms with Gasteiger partial charge in [-0.1, -0.05) is 34.5 Å². The van der Waals surface area contributed by atoms with E-state index in [1.807, 2.05) is 6.92 Å². The van der Waals surface area contributed by atoms with Gasteiger partial charge in [-0.2, -0.15) is 0 Å². The molecule has 0 aliphatic heterocycles. The van der Waals surface area contributed by atoms with Crippen LogP contribution < -0.4 is 5.73 Å². The van der Waals surface area contributed by atoms with E-state index in [0.717, 1.165) is 10.0 Å². The van der Waals surface area contributed by atoms with Crippen LogP contribution in [0.4, 0.5) is 0 Å². The van der Waals surface area contributed by atoms with E-state index >= 15 is 0 Å². The lowest BCUT2D eigenvalue weighted by molar-refractivity contribution is -0.138. The third-order valence-corrected chi connectivity index (χ3v) is 3.21. The van der Waals surface area contributed by atoms with Gasteiger partial charge in [-0.25, -0.2) is 0 Å². The summed E-state index contributed by atoms with van der Waals surface area (Å²) in [6.07, 6.45) is 0.419. The normalized spacial score (nSPS) is 14.5. The van der Waals surface area contributed by atoms with Gasteiger partial charge in [0.05, 0.1) is 12.0 Å². The first-order valence-electron chi connectivity index (χ1n) is 4.84. The minimum Gasteiger partial charge on any atom is -0.481 e. The number of hydrogen-bond donors (Lipinski definition) is 2. The highest BCUT2D eigenvalue weighted by Crippen LogP contribution is 2.30. The fourth-order valence-electron chi connectivity index (χ4n) is 1.54. The number of halogens is 2. The second-order valence-corrected chi connectivity index (χ2v) is 5.09. The third kappa shape index (κ3) is 3.20. The van der Waals surface area contributed by atoms with Gasteiger partial charge >= 0.3 is 5.97 Å². The Labute approximate surface area is 108 Å². The van der Waals surface area contributed by atoms with Crippen molar-refractivity contribution in [2.75, 3.05) is 0 Å². The van der Waals surface area contributed by atoms with Gasteiger partial charge in [0.15, 0.2) is 0 Å². The van der Waals surface area contributed by atoms with Gasteiger partial charge in [0.1, 0.15) is 0 Å². The first kappa shape index (κ1) is 13.5. The Bertz CT molecular complexity index is 391. The molecule has 1 rings (SSSR count). The average Bonchev–Trinajstić information content (AvgIpc) is 2.15. The summed E-state index contributed by atoms with van der Waals surface area (Å²) in [5.74, 6) is -0.916. The first-order valence-corrected chi connectivity index (χ1v) is 6.02. The molecule has 3 nitrogen and oxygen atoms in total. The molecule has 0 spiro atoms. The Morgan fingerprint density at radius 3 is 2.62 bits per heavy atom. The van der Waals surface area contributed by atoms with E-state index < -0.39 is 11.5 Å². The Morgan fingerprint density at radius 1 is 1.56 bits per heavy atom. The Kier molecular flexibility index (Phi) is 4.35.